The summed E-state index contributed by atoms with van der Waals surface area (Å²) in [5.74, 6) is 1.05. The normalized spacial score (nSPS) is 19.1. The van der Waals surface area contributed by atoms with E-state index in [0.29, 0.717) is 11.3 Å². The van der Waals surface area contributed by atoms with E-state index in [1.165, 1.54) is 17.8 Å². The van der Waals surface area contributed by atoms with Crippen LogP contribution in [0.3, 0.4) is 0 Å². The zero-order valence-electron chi connectivity index (χ0n) is 16.0. The lowest BCUT2D eigenvalue weighted by Crippen LogP contribution is -2.21. The van der Waals surface area contributed by atoms with Crippen LogP contribution in [0.4, 0.5) is 4.39 Å². The van der Waals surface area contributed by atoms with Crippen LogP contribution in [0, 0.1) is 19.7 Å². The number of rotatable bonds is 7. The number of benzene rings is 1. The summed E-state index contributed by atoms with van der Waals surface area (Å²) in [4.78, 5) is 2.87. The fraction of sp³-hybridized carbons (Fsp3) is 0.526. The molecule has 2 aromatic rings. The average molecular weight is 412 g/mol. The van der Waals surface area contributed by atoms with Gasteiger partial charge in [-0.25, -0.2) is 12.8 Å². The zero-order chi connectivity index (χ0) is 19.6. The van der Waals surface area contributed by atoms with Gasteiger partial charge in [-0.15, -0.1) is 11.8 Å². The zero-order valence-corrected chi connectivity index (χ0v) is 17.6. The fourth-order valence-corrected chi connectivity index (χ4v) is 6.17. The Morgan fingerprint density at radius 3 is 2.74 bits per heavy atom. The summed E-state index contributed by atoms with van der Waals surface area (Å²) in [6.45, 7) is 5.56. The van der Waals surface area contributed by atoms with Crippen LogP contribution >= 0.6 is 11.8 Å². The number of sulfone groups is 1. The molecule has 0 saturated carbocycles. The van der Waals surface area contributed by atoms with Crippen LogP contribution in [-0.4, -0.2) is 53.9 Å². The van der Waals surface area contributed by atoms with Crippen LogP contribution < -0.4 is 0 Å². The first-order chi connectivity index (χ1) is 12.8. The van der Waals surface area contributed by atoms with Crippen LogP contribution in [0.15, 0.2) is 29.2 Å². The Bertz CT molecular complexity index is 912. The summed E-state index contributed by atoms with van der Waals surface area (Å²) in [7, 11) is -0.894. The van der Waals surface area contributed by atoms with Gasteiger partial charge in [0.05, 0.1) is 23.2 Å². The molecule has 148 valence electrons. The molecule has 1 atom stereocenters. The molecule has 1 fully saturated rings. The van der Waals surface area contributed by atoms with Gasteiger partial charge in [0.25, 0.3) is 0 Å². The van der Waals surface area contributed by atoms with E-state index >= 15 is 0 Å². The summed E-state index contributed by atoms with van der Waals surface area (Å²) in [6.07, 6.45) is 0.638. The molecular formula is C19H26FN3O2S2. The maximum Gasteiger partial charge on any atom is 0.152 e. The molecule has 0 unspecified atom stereocenters. The first-order valence-electron chi connectivity index (χ1n) is 9.07. The van der Waals surface area contributed by atoms with Crippen molar-refractivity contribution >= 4 is 21.6 Å². The number of thioether (sulfide) groups is 1. The molecule has 3 rings (SSSR count). The highest BCUT2D eigenvalue weighted by molar-refractivity contribution is 7.99. The molecule has 1 aromatic heterocycles. The summed E-state index contributed by atoms with van der Waals surface area (Å²) < 4.78 is 39.1. The third-order valence-electron chi connectivity index (χ3n) is 5.02. The Morgan fingerprint density at radius 1 is 1.33 bits per heavy atom. The van der Waals surface area contributed by atoms with Crippen LogP contribution in [-0.2, 0) is 16.4 Å². The smallest absolute Gasteiger partial charge is 0.152 e. The fourth-order valence-electron chi connectivity index (χ4n) is 3.47. The maximum absolute atomic E-state index is 13.7. The van der Waals surface area contributed by atoms with Crippen LogP contribution in [0.5, 0.6) is 0 Å². The minimum atomic E-state index is -2.93. The molecule has 8 heteroatoms. The molecule has 0 aliphatic carbocycles. The predicted octanol–water partition coefficient (Wildman–Crippen LogP) is 3.22. The van der Waals surface area contributed by atoms with E-state index in [1.54, 1.807) is 12.1 Å². The highest BCUT2D eigenvalue weighted by atomic mass is 32.2. The Kier molecular flexibility index (Phi) is 6.28. The van der Waals surface area contributed by atoms with Crippen LogP contribution in [0.25, 0.3) is 0 Å². The Morgan fingerprint density at radius 2 is 2.07 bits per heavy atom. The third-order valence-corrected chi connectivity index (χ3v) is 7.80. The van der Waals surface area contributed by atoms with Crippen molar-refractivity contribution in [3.63, 3.8) is 0 Å². The molecule has 5 nitrogen and oxygen atoms in total. The minimum absolute atomic E-state index is 0.0515. The summed E-state index contributed by atoms with van der Waals surface area (Å²) in [6, 6.07) is 6.78. The molecule has 1 saturated heterocycles. The second-order valence-corrected chi connectivity index (χ2v) is 10.5. The van der Waals surface area contributed by atoms with Gasteiger partial charge in [0.15, 0.2) is 9.84 Å². The molecule has 0 bridgehead atoms. The largest absolute Gasteiger partial charge is 0.301 e. The second kappa shape index (κ2) is 8.32. The number of halogens is 1. The first kappa shape index (κ1) is 20.4. The maximum atomic E-state index is 13.7. The van der Waals surface area contributed by atoms with Crippen LogP contribution in [0.1, 0.15) is 29.4 Å². The molecule has 0 N–H and O–H groups in total. The van der Waals surface area contributed by atoms with Gasteiger partial charge in [0, 0.05) is 35.0 Å². The standard InChI is InChI=1S/C19H26FN3O2S2/c1-14-17(15(2)23(21-14)16-8-11-27(24,25)13-16)12-22(3)9-10-26-19-7-5-4-6-18(19)20/h4-7,16H,8-13H2,1-3H3/t16-/m0/s1. The lowest BCUT2D eigenvalue weighted by atomic mass is 10.1. The van der Waals surface area contributed by atoms with Gasteiger partial charge in [-0.1, -0.05) is 12.1 Å². The summed E-state index contributed by atoms with van der Waals surface area (Å²) in [5, 5.41) is 4.62. The van der Waals surface area contributed by atoms with Gasteiger partial charge in [-0.05, 0) is 39.4 Å². The number of hydrogen-bond donors (Lipinski definition) is 0. The van der Waals surface area contributed by atoms with E-state index in [4.69, 9.17) is 0 Å². The van der Waals surface area contributed by atoms with Crippen molar-refractivity contribution in [2.24, 2.45) is 0 Å². The summed E-state index contributed by atoms with van der Waals surface area (Å²) >= 11 is 1.52. The molecule has 1 aliphatic rings. The van der Waals surface area contributed by atoms with E-state index in [0.717, 1.165) is 35.8 Å². The first-order valence-corrected chi connectivity index (χ1v) is 11.9. The van der Waals surface area contributed by atoms with Crippen molar-refractivity contribution < 1.29 is 12.8 Å². The van der Waals surface area contributed by atoms with Gasteiger partial charge in [0.1, 0.15) is 5.82 Å². The lowest BCUT2D eigenvalue weighted by Gasteiger charge is -2.17. The van der Waals surface area contributed by atoms with E-state index in [9.17, 15) is 12.8 Å². The highest BCUT2D eigenvalue weighted by Gasteiger charge is 2.31. The van der Waals surface area contributed by atoms with Gasteiger partial charge in [-0.3, -0.25) is 4.68 Å². The van der Waals surface area contributed by atoms with Gasteiger partial charge in [0.2, 0.25) is 0 Å². The van der Waals surface area contributed by atoms with E-state index < -0.39 is 9.84 Å². The quantitative estimate of drug-likeness (QED) is 0.655. The molecule has 1 aliphatic heterocycles. The lowest BCUT2D eigenvalue weighted by molar-refractivity contribution is 0.346. The second-order valence-electron chi connectivity index (χ2n) is 7.17. The predicted molar refractivity (Wildman–Crippen MR) is 107 cm³/mol. The number of aryl methyl sites for hydroxylation is 1. The topological polar surface area (TPSA) is 55.2 Å². The van der Waals surface area contributed by atoms with Crippen LogP contribution in [0.2, 0.25) is 0 Å². The summed E-state index contributed by atoms with van der Waals surface area (Å²) in [5.41, 5.74) is 3.14. The van der Waals surface area contributed by atoms with Crippen molar-refractivity contribution in [2.45, 2.75) is 37.8 Å². The van der Waals surface area contributed by atoms with Gasteiger partial charge < -0.3 is 4.90 Å². The molecule has 2 heterocycles. The number of nitrogens with zero attached hydrogens (tertiary/aromatic N) is 3. The minimum Gasteiger partial charge on any atom is -0.301 e. The third kappa shape index (κ3) is 4.92. The van der Waals surface area contributed by atoms with Gasteiger partial charge in [-0.2, -0.15) is 5.10 Å². The molecular weight excluding hydrogens is 385 g/mol. The Labute approximate surface area is 164 Å². The Balaban J connectivity index is 1.59. The average Bonchev–Trinajstić information content (AvgIpc) is 3.10. The molecule has 0 amide bonds. The van der Waals surface area contributed by atoms with E-state index in [-0.39, 0.29) is 23.4 Å². The van der Waals surface area contributed by atoms with Gasteiger partial charge >= 0.3 is 0 Å². The van der Waals surface area contributed by atoms with Crippen molar-refractivity contribution in [3.05, 3.63) is 47.0 Å². The van der Waals surface area contributed by atoms with Crippen molar-refractivity contribution in [3.8, 4) is 0 Å². The molecule has 0 spiro atoms. The number of aromatic nitrogens is 2. The van der Waals surface area contributed by atoms with Crippen molar-refractivity contribution in [1.82, 2.24) is 14.7 Å². The van der Waals surface area contributed by atoms with E-state index in [2.05, 4.69) is 10.00 Å². The molecule has 1 aromatic carbocycles. The monoisotopic (exact) mass is 411 g/mol. The molecule has 27 heavy (non-hydrogen) atoms. The van der Waals surface area contributed by atoms with Crippen molar-refractivity contribution in [1.29, 1.82) is 0 Å². The number of hydrogen-bond acceptors (Lipinski definition) is 5. The SMILES string of the molecule is Cc1nn([C@H]2CCS(=O)(=O)C2)c(C)c1CN(C)CCSc1ccccc1F. The molecule has 0 radical (unpaired) electrons. The van der Waals surface area contributed by atoms with E-state index in [1.807, 2.05) is 31.6 Å². The van der Waals surface area contributed by atoms with Crippen molar-refractivity contribution in [2.75, 3.05) is 30.9 Å². The highest BCUT2D eigenvalue weighted by Crippen LogP contribution is 2.27. The Hall–Kier alpha value is -1.38.